The van der Waals surface area contributed by atoms with E-state index in [9.17, 15) is 0 Å². The zero-order valence-electron chi connectivity index (χ0n) is 29.8. The van der Waals surface area contributed by atoms with Gasteiger partial charge < -0.3 is 13.7 Å². The monoisotopic (exact) mass is 703 g/mol. The van der Waals surface area contributed by atoms with E-state index in [0.29, 0.717) is 0 Å². The van der Waals surface area contributed by atoms with E-state index < -0.39 is 0 Å². The van der Waals surface area contributed by atoms with Crippen molar-refractivity contribution in [3.05, 3.63) is 200 Å². The fourth-order valence-electron chi connectivity index (χ4n) is 8.25. The quantitative estimate of drug-likeness (QED) is 0.173. The molecule has 0 aliphatic heterocycles. The summed E-state index contributed by atoms with van der Waals surface area (Å²) in [4.78, 5) is 2.33. The molecule has 0 atom stereocenters. The summed E-state index contributed by atoms with van der Waals surface area (Å²) in [6.45, 7) is 0. The molecule has 11 aromatic rings. The topological polar surface area (TPSA) is 29.5 Å². The minimum Gasteiger partial charge on any atom is -0.456 e. The summed E-state index contributed by atoms with van der Waals surface area (Å²) < 4.78 is 13.1. The first kappa shape index (κ1) is 31.2. The summed E-state index contributed by atoms with van der Waals surface area (Å²) in [6.07, 6.45) is 0. The number of hydrogen-bond acceptors (Lipinski definition) is 3. The maximum absolute atomic E-state index is 6.86. The highest BCUT2D eigenvalue weighted by atomic mass is 16.3. The third kappa shape index (κ3) is 5.20. The minimum atomic E-state index is 0.876. The fourth-order valence-corrected chi connectivity index (χ4v) is 8.25. The molecule has 2 heterocycles. The lowest BCUT2D eigenvalue weighted by atomic mass is 9.95. The highest BCUT2D eigenvalue weighted by molar-refractivity contribution is 6.20. The summed E-state index contributed by atoms with van der Waals surface area (Å²) in [5.41, 5.74) is 13.7. The Balaban J connectivity index is 1.06. The minimum absolute atomic E-state index is 0.876. The zero-order valence-corrected chi connectivity index (χ0v) is 29.8. The molecule has 0 spiro atoms. The van der Waals surface area contributed by atoms with Gasteiger partial charge in [-0.2, -0.15) is 0 Å². The van der Waals surface area contributed by atoms with Gasteiger partial charge in [-0.3, -0.25) is 0 Å². The molecule has 9 aromatic carbocycles. The number of para-hydroxylation sites is 2. The summed E-state index contributed by atoms with van der Waals surface area (Å²) in [6, 6.07) is 70.9. The summed E-state index contributed by atoms with van der Waals surface area (Å²) >= 11 is 0. The van der Waals surface area contributed by atoms with Crippen molar-refractivity contribution in [2.24, 2.45) is 0 Å². The van der Waals surface area contributed by atoms with Gasteiger partial charge in [-0.15, -0.1) is 0 Å². The molecule has 0 saturated heterocycles. The lowest BCUT2D eigenvalue weighted by Crippen LogP contribution is -2.10. The molecule has 3 nitrogen and oxygen atoms in total. The van der Waals surface area contributed by atoms with E-state index in [1.54, 1.807) is 0 Å². The summed E-state index contributed by atoms with van der Waals surface area (Å²) in [7, 11) is 0. The van der Waals surface area contributed by atoms with Crippen molar-refractivity contribution in [1.29, 1.82) is 0 Å². The second kappa shape index (κ2) is 12.6. The normalized spacial score (nSPS) is 11.6. The summed E-state index contributed by atoms with van der Waals surface area (Å²) in [5.74, 6) is 0. The second-order valence-corrected chi connectivity index (χ2v) is 14.1. The van der Waals surface area contributed by atoms with Crippen LogP contribution in [0.25, 0.3) is 88.0 Å². The molecule has 0 radical (unpaired) electrons. The Labute approximate surface area is 317 Å². The largest absolute Gasteiger partial charge is 0.456 e. The van der Waals surface area contributed by atoms with Gasteiger partial charge in [-0.1, -0.05) is 146 Å². The number of rotatable bonds is 6. The maximum Gasteiger partial charge on any atom is 0.143 e. The molecule has 258 valence electrons. The van der Waals surface area contributed by atoms with Crippen molar-refractivity contribution in [3.8, 4) is 33.4 Å². The molecule has 0 fully saturated rings. The molecule has 0 unspecified atom stereocenters. The Morgan fingerprint density at radius 2 is 0.855 bits per heavy atom. The molecular formula is C52H33NO2. The van der Waals surface area contributed by atoms with E-state index in [-0.39, 0.29) is 0 Å². The molecule has 0 saturated carbocycles. The van der Waals surface area contributed by atoms with E-state index >= 15 is 0 Å². The Morgan fingerprint density at radius 3 is 1.67 bits per heavy atom. The van der Waals surface area contributed by atoms with Crippen LogP contribution in [-0.4, -0.2) is 0 Å². The van der Waals surface area contributed by atoms with Crippen LogP contribution in [0.1, 0.15) is 0 Å². The van der Waals surface area contributed by atoms with Gasteiger partial charge in [0.2, 0.25) is 0 Å². The van der Waals surface area contributed by atoms with E-state index in [2.05, 4.69) is 193 Å². The van der Waals surface area contributed by atoms with Gasteiger partial charge in [0, 0.05) is 49.6 Å². The number of hydrogen-bond donors (Lipinski definition) is 0. The molecule has 55 heavy (non-hydrogen) atoms. The Kier molecular flexibility index (Phi) is 7.17. The summed E-state index contributed by atoms with van der Waals surface area (Å²) in [5, 5.41) is 6.73. The average Bonchev–Trinajstić information content (AvgIpc) is 3.83. The second-order valence-electron chi connectivity index (χ2n) is 14.1. The molecule has 3 heteroatoms. The van der Waals surface area contributed by atoms with E-state index in [1.807, 2.05) is 12.1 Å². The van der Waals surface area contributed by atoms with E-state index in [1.165, 1.54) is 22.1 Å². The van der Waals surface area contributed by atoms with Gasteiger partial charge in [0.1, 0.15) is 22.3 Å². The first-order valence-corrected chi connectivity index (χ1v) is 18.7. The molecule has 0 bridgehead atoms. The molecule has 0 aliphatic rings. The number of nitrogens with zero attached hydrogens (tertiary/aromatic N) is 1. The van der Waals surface area contributed by atoms with Crippen molar-refractivity contribution in [1.82, 2.24) is 0 Å². The molecule has 11 rings (SSSR count). The van der Waals surface area contributed by atoms with Gasteiger partial charge in [0.05, 0.1) is 0 Å². The highest BCUT2D eigenvalue weighted by Crippen LogP contribution is 2.44. The first-order chi connectivity index (χ1) is 27.3. The van der Waals surface area contributed by atoms with E-state index in [4.69, 9.17) is 8.83 Å². The van der Waals surface area contributed by atoms with Crippen molar-refractivity contribution >= 4 is 71.7 Å². The zero-order chi connectivity index (χ0) is 36.3. The van der Waals surface area contributed by atoms with Crippen molar-refractivity contribution in [2.75, 3.05) is 4.90 Å². The highest BCUT2D eigenvalue weighted by Gasteiger charge is 2.19. The van der Waals surface area contributed by atoms with Crippen LogP contribution >= 0.6 is 0 Å². The smallest absolute Gasteiger partial charge is 0.143 e. The SMILES string of the molecule is c1ccc(-c2cccc(N(c3ccc(-c4cccc5c4oc4c6ccccc6c(-c6ccccc6)cc54)cc3)c3ccc4oc5ccccc5c4c3)c2)cc1. The predicted molar refractivity (Wildman–Crippen MR) is 229 cm³/mol. The lowest BCUT2D eigenvalue weighted by Gasteiger charge is -2.26. The fraction of sp³-hybridized carbons (Fsp3) is 0. The first-order valence-electron chi connectivity index (χ1n) is 18.7. The predicted octanol–water partition coefficient (Wildman–Crippen LogP) is 15.1. The van der Waals surface area contributed by atoms with Gasteiger partial charge in [-0.05, 0) is 87.8 Å². The Morgan fingerprint density at radius 1 is 0.273 bits per heavy atom. The number of furan rings is 2. The molecule has 0 amide bonds. The molecular weight excluding hydrogens is 671 g/mol. The van der Waals surface area contributed by atoms with Crippen molar-refractivity contribution in [2.45, 2.75) is 0 Å². The third-order valence-electron chi connectivity index (χ3n) is 10.9. The van der Waals surface area contributed by atoms with Gasteiger partial charge in [-0.25, -0.2) is 0 Å². The van der Waals surface area contributed by atoms with Crippen LogP contribution in [0.15, 0.2) is 209 Å². The van der Waals surface area contributed by atoms with Crippen LogP contribution in [0.2, 0.25) is 0 Å². The standard InChI is InChI=1S/C52H33NO2/c1-3-13-34(14-4-1)37-17-11-18-39(31-37)53(40-29-30-50-47(32-40)43-20-9-10-24-49(43)54-50)38-27-25-36(26-28-38)41-22-12-23-45-48-33-46(35-15-5-2-6-16-35)42-19-7-8-21-44(42)52(48)55-51(41)45/h1-33H. The van der Waals surface area contributed by atoms with Crippen molar-refractivity contribution in [3.63, 3.8) is 0 Å². The van der Waals surface area contributed by atoms with Crippen LogP contribution in [0.4, 0.5) is 17.1 Å². The number of benzene rings is 9. The van der Waals surface area contributed by atoms with Crippen LogP contribution in [0.3, 0.4) is 0 Å². The molecule has 0 aliphatic carbocycles. The van der Waals surface area contributed by atoms with Crippen LogP contribution < -0.4 is 4.90 Å². The van der Waals surface area contributed by atoms with Crippen LogP contribution in [0.5, 0.6) is 0 Å². The van der Waals surface area contributed by atoms with Gasteiger partial charge in [0.25, 0.3) is 0 Å². The van der Waals surface area contributed by atoms with Gasteiger partial charge in [0.15, 0.2) is 0 Å². The molecule has 2 aromatic heterocycles. The molecule has 0 N–H and O–H groups in total. The van der Waals surface area contributed by atoms with Gasteiger partial charge >= 0.3 is 0 Å². The lowest BCUT2D eigenvalue weighted by molar-refractivity contribution is 0.669. The third-order valence-corrected chi connectivity index (χ3v) is 10.9. The van der Waals surface area contributed by atoms with E-state index in [0.717, 1.165) is 83.0 Å². The maximum atomic E-state index is 6.86. The van der Waals surface area contributed by atoms with Crippen molar-refractivity contribution < 1.29 is 8.83 Å². The number of anilines is 3. The Bertz CT molecular complexity index is 3190. The van der Waals surface area contributed by atoms with Crippen LogP contribution in [0, 0.1) is 0 Å². The van der Waals surface area contributed by atoms with Crippen LogP contribution in [-0.2, 0) is 0 Å². The number of fused-ring (bicyclic) bond motifs is 8. The average molecular weight is 704 g/mol. The Hall–Kier alpha value is -7.36.